The van der Waals surface area contributed by atoms with Gasteiger partial charge in [-0.05, 0) is 6.42 Å². The fourth-order valence-corrected chi connectivity index (χ4v) is 1.34. The van der Waals surface area contributed by atoms with Crippen LogP contribution in [-0.4, -0.2) is 30.1 Å². The minimum absolute atomic E-state index is 0.114. The van der Waals surface area contributed by atoms with Gasteiger partial charge in [0.15, 0.2) is 6.07 Å². The highest BCUT2D eigenvalue weighted by Crippen LogP contribution is 2.13. The van der Waals surface area contributed by atoms with Gasteiger partial charge in [-0.15, -0.1) is 0 Å². The molecular weight excluding hydrogens is 201 g/mol. The van der Waals surface area contributed by atoms with Gasteiger partial charge < -0.3 is 9.64 Å². The van der Waals surface area contributed by atoms with Crippen LogP contribution in [0.2, 0.25) is 0 Å². The Labute approximate surface area is 80.9 Å². The molecule has 0 spiro atoms. The largest absolute Gasteiger partial charge is 0.433 e. The van der Waals surface area contributed by atoms with Gasteiger partial charge in [0.1, 0.15) is 0 Å². The van der Waals surface area contributed by atoms with Crippen molar-refractivity contribution in [3.63, 3.8) is 0 Å². The Kier molecular flexibility index (Phi) is 3.69. The van der Waals surface area contributed by atoms with Crippen molar-refractivity contribution in [2.45, 2.75) is 6.42 Å². The zero-order chi connectivity index (χ0) is 8.97. The van der Waals surface area contributed by atoms with Crippen molar-refractivity contribution in [3.05, 3.63) is 11.1 Å². The van der Waals surface area contributed by atoms with E-state index in [2.05, 4.69) is 4.74 Å². The van der Waals surface area contributed by atoms with Crippen LogP contribution in [0.1, 0.15) is 6.42 Å². The van der Waals surface area contributed by atoms with E-state index in [1.165, 1.54) is 4.90 Å². The van der Waals surface area contributed by atoms with Gasteiger partial charge in [-0.1, -0.05) is 29.3 Å². The Morgan fingerprint density at radius 1 is 1.75 bits per heavy atom. The molecule has 1 rings (SSSR count). The summed E-state index contributed by atoms with van der Waals surface area (Å²) in [5.41, 5.74) is 0. The van der Waals surface area contributed by atoms with Crippen molar-refractivity contribution in [1.82, 2.24) is 4.90 Å². The summed E-state index contributed by atoms with van der Waals surface area (Å²) in [4.78, 5) is 12.6. The van der Waals surface area contributed by atoms with Crippen LogP contribution >= 0.6 is 23.2 Å². The molecule has 68 valence electrons. The predicted octanol–water partition coefficient (Wildman–Crippen LogP) is 2.15. The highest BCUT2D eigenvalue weighted by Gasteiger charge is 2.17. The number of carbonyl (C=O) groups excluding carboxylic acids is 1. The summed E-state index contributed by atoms with van der Waals surface area (Å²) < 4.78 is 4.60. The number of amides is 1. The van der Waals surface area contributed by atoms with Crippen LogP contribution < -0.4 is 0 Å². The number of hydrogen-bond donors (Lipinski definition) is 0. The lowest BCUT2D eigenvalue weighted by molar-refractivity contribution is 0.121. The molecule has 1 amide bonds. The summed E-state index contributed by atoms with van der Waals surface area (Å²) in [6.07, 6.45) is 2.26. The summed E-state index contributed by atoms with van der Waals surface area (Å²) in [6, 6.07) is -0.114. The van der Waals surface area contributed by atoms with E-state index >= 15 is 0 Å². The van der Waals surface area contributed by atoms with Gasteiger partial charge in [-0.25, -0.2) is 4.79 Å². The molecule has 0 N–H and O–H groups in total. The second-order valence-corrected chi connectivity index (χ2v) is 3.08. The summed E-state index contributed by atoms with van der Waals surface area (Å²) in [7, 11) is 0. The highest BCUT2D eigenvalue weighted by molar-refractivity contribution is 6.30. The number of halogens is 2. The SMILES string of the molecule is O=C(OCCl)N1CCC=C(Cl)C1. The number of carbonyl (C=O) groups is 1. The van der Waals surface area contributed by atoms with E-state index < -0.39 is 6.09 Å². The Hall–Kier alpha value is -0.410. The average Bonchev–Trinajstić information content (AvgIpc) is 2.05. The van der Waals surface area contributed by atoms with Gasteiger partial charge >= 0.3 is 6.09 Å². The molecule has 0 aliphatic carbocycles. The molecule has 0 saturated heterocycles. The Balaban J connectivity index is 2.43. The lowest BCUT2D eigenvalue weighted by Gasteiger charge is -2.23. The maximum absolute atomic E-state index is 11.1. The van der Waals surface area contributed by atoms with Gasteiger partial charge in [0.2, 0.25) is 0 Å². The summed E-state index contributed by atoms with van der Waals surface area (Å²) in [5, 5.41) is 0.674. The van der Waals surface area contributed by atoms with E-state index in [1.54, 1.807) is 0 Å². The zero-order valence-corrected chi connectivity index (χ0v) is 7.94. The molecule has 1 aliphatic rings. The van der Waals surface area contributed by atoms with Crippen molar-refractivity contribution in [3.8, 4) is 0 Å². The first-order valence-electron chi connectivity index (χ1n) is 3.56. The van der Waals surface area contributed by atoms with Crippen LogP contribution in [0.25, 0.3) is 0 Å². The van der Waals surface area contributed by atoms with Crippen LogP contribution in [0.5, 0.6) is 0 Å². The second kappa shape index (κ2) is 4.58. The quantitative estimate of drug-likeness (QED) is 0.620. The first-order chi connectivity index (χ1) is 5.74. The van der Waals surface area contributed by atoms with E-state index in [4.69, 9.17) is 23.2 Å². The van der Waals surface area contributed by atoms with Crippen LogP contribution in [-0.2, 0) is 4.74 Å². The minimum Gasteiger partial charge on any atom is -0.433 e. The molecule has 1 aliphatic heterocycles. The van der Waals surface area contributed by atoms with Gasteiger partial charge in [0.05, 0.1) is 6.54 Å². The van der Waals surface area contributed by atoms with Crippen molar-refractivity contribution in [2.75, 3.05) is 19.2 Å². The number of nitrogens with zero attached hydrogens (tertiary/aromatic N) is 1. The van der Waals surface area contributed by atoms with E-state index in [0.29, 0.717) is 18.1 Å². The number of hydrogen-bond acceptors (Lipinski definition) is 2. The van der Waals surface area contributed by atoms with E-state index in [0.717, 1.165) is 6.42 Å². The van der Waals surface area contributed by atoms with Gasteiger partial charge in [-0.3, -0.25) is 0 Å². The lowest BCUT2D eigenvalue weighted by Crippen LogP contribution is -2.35. The zero-order valence-electron chi connectivity index (χ0n) is 6.43. The normalized spacial score (nSPS) is 17.2. The molecule has 0 atom stereocenters. The molecular formula is C7H9Cl2NO2. The predicted molar refractivity (Wildman–Crippen MR) is 47.3 cm³/mol. The molecule has 0 aromatic carbocycles. The third-order valence-electron chi connectivity index (χ3n) is 1.54. The van der Waals surface area contributed by atoms with E-state index in [1.807, 2.05) is 6.08 Å². The van der Waals surface area contributed by atoms with Crippen molar-refractivity contribution >= 4 is 29.3 Å². The monoisotopic (exact) mass is 209 g/mol. The summed E-state index contributed by atoms with van der Waals surface area (Å²) in [5.74, 6) is 0. The minimum atomic E-state index is -0.406. The number of rotatable bonds is 1. The molecule has 12 heavy (non-hydrogen) atoms. The van der Waals surface area contributed by atoms with Crippen molar-refractivity contribution in [2.24, 2.45) is 0 Å². The molecule has 0 aromatic rings. The Bertz CT molecular complexity index is 206. The van der Waals surface area contributed by atoms with Gasteiger partial charge in [-0.2, -0.15) is 0 Å². The fourth-order valence-electron chi connectivity index (χ4n) is 0.997. The third-order valence-corrected chi connectivity index (χ3v) is 1.93. The number of ether oxygens (including phenoxy) is 1. The maximum atomic E-state index is 11.1. The van der Waals surface area contributed by atoms with Crippen LogP contribution in [0.3, 0.4) is 0 Å². The average molecular weight is 210 g/mol. The second-order valence-electron chi connectivity index (χ2n) is 2.38. The molecule has 1 heterocycles. The van der Waals surface area contributed by atoms with Gasteiger partial charge in [0, 0.05) is 11.6 Å². The molecule has 0 radical (unpaired) electrons. The molecule has 5 heteroatoms. The standard InChI is InChI=1S/C7H9Cl2NO2/c8-5-12-7(11)10-3-1-2-6(9)4-10/h2H,1,3-5H2. The Morgan fingerprint density at radius 2 is 2.50 bits per heavy atom. The number of alkyl halides is 1. The van der Waals surface area contributed by atoms with Crippen molar-refractivity contribution < 1.29 is 9.53 Å². The molecule has 0 bridgehead atoms. The summed E-state index contributed by atoms with van der Waals surface area (Å²) >= 11 is 11.0. The van der Waals surface area contributed by atoms with Crippen LogP contribution in [0.15, 0.2) is 11.1 Å². The molecule has 0 saturated carbocycles. The first kappa shape index (κ1) is 9.68. The van der Waals surface area contributed by atoms with Gasteiger partial charge in [0.25, 0.3) is 0 Å². The molecule has 3 nitrogen and oxygen atoms in total. The maximum Gasteiger partial charge on any atom is 0.411 e. The lowest BCUT2D eigenvalue weighted by atomic mass is 10.3. The van der Waals surface area contributed by atoms with E-state index in [-0.39, 0.29) is 6.07 Å². The summed E-state index contributed by atoms with van der Waals surface area (Å²) in [6.45, 7) is 1.07. The molecule has 0 fully saturated rings. The molecule has 0 unspecified atom stereocenters. The first-order valence-corrected chi connectivity index (χ1v) is 4.47. The smallest absolute Gasteiger partial charge is 0.411 e. The Morgan fingerprint density at radius 3 is 3.08 bits per heavy atom. The fraction of sp³-hybridized carbons (Fsp3) is 0.571. The van der Waals surface area contributed by atoms with Crippen LogP contribution in [0, 0.1) is 0 Å². The third kappa shape index (κ3) is 2.57. The van der Waals surface area contributed by atoms with Crippen LogP contribution in [0.4, 0.5) is 4.79 Å². The topological polar surface area (TPSA) is 29.5 Å². The molecule has 0 aromatic heterocycles. The van der Waals surface area contributed by atoms with E-state index in [9.17, 15) is 4.79 Å². The highest BCUT2D eigenvalue weighted by atomic mass is 35.5. The van der Waals surface area contributed by atoms with Crippen molar-refractivity contribution in [1.29, 1.82) is 0 Å².